The van der Waals surface area contributed by atoms with Crippen LogP contribution < -0.4 is 21.3 Å². The van der Waals surface area contributed by atoms with Crippen molar-refractivity contribution in [1.29, 1.82) is 0 Å². The Labute approximate surface area is 390 Å². The molecule has 0 rings (SSSR count). The maximum Gasteiger partial charge on any atom is 0.307 e. The van der Waals surface area contributed by atoms with Gasteiger partial charge in [-0.05, 0) is 36.3 Å². The van der Waals surface area contributed by atoms with Crippen molar-refractivity contribution < 1.29 is 66.9 Å². The van der Waals surface area contributed by atoms with Crippen LogP contribution in [-0.2, 0) is 56.7 Å². The third kappa shape index (κ3) is 24.4. The predicted octanol–water partition coefficient (Wildman–Crippen LogP) is 5.26. The number of nitrogens with one attached hydrogen (secondary N) is 4. The number of hydrogen-bond acceptors (Lipinski definition) is 14. The molecule has 0 radical (unpaired) electrons. The summed E-state index contributed by atoms with van der Waals surface area (Å²) in [5.41, 5.74) is -1.93. The Kier molecular flexibility index (Phi) is 26.1. The molecule has 0 aliphatic heterocycles. The van der Waals surface area contributed by atoms with Crippen molar-refractivity contribution in [3.63, 3.8) is 0 Å². The van der Waals surface area contributed by atoms with Crippen molar-refractivity contribution in [2.45, 2.75) is 156 Å². The van der Waals surface area contributed by atoms with E-state index in [9.17, 15) is 38.4 Å². The molecular formula is C42H78N4O14S2Si2. The van der Waals surface area contributed by atoms with Crippen LogP contribution in [0.3, 0.4) is 0 Å². The van der Waals surface area contributed by atoms with E-state index >= 15 is 0 Å². The van der Waals surface area contributed by atoms with Crippen LogP contribution >= 0.6 is 21.6 Å². The normalized spacial score (nSPS) is 13.5. The maximum atomic E-state index is 13.3. The highest BCUT2D eigenvalue weighted by atomic mass is 33.1. The van der Waals surface area contributed by atoms with Gasteiger partial charge in [0.15, 0.2) is 28.8 Å². The molecule has 0 spiro atoms. The van der Waals surface area contributed by atoms with E-state index in [1.54, 1.807) is 27.7 Å². The number of carbonyl (C=O) groups is 8. The summed E-state index contributed by atoms with van der Waals surface area (Å²) in [5, 5.41) is 28.7. The molecule has 6 N–H and O–H groups in total. The van der Waals surface area contributed by atoms with Gasteiger partial charge < -0.3 is 49.8 Å². The van der Waals surface area contributed by atoms with Gasteiger partial charge in [0.2, 0.25) is 11.8 Å². The van der Waals surface area contributed by atoms with E-state index < -0.39 is 101 Å². The van der Waals surface area contributed by atoms with Crippen LogP contribution in [0.25, 0.3) is 0 Å². The van der Waals surface area contributed by atoms with Crippen LogP contribution in [0.15, 0.2) is 0 Å². The summed E-state index contributed by atoms with van der Waals surface area (Å²) in [6, 6.07) is 0. The monoisotopic (exact) mass is 982 g/mol. The van der Waals surface area contributed by atoms with Crippen LogP contribution in [0.1, 0.15) is 108 Å². The average Bonchev–Trinajstić information content (AvgIpc) is 3.15. The number of aliphatic carboxylic acids is 2. The summed E-state index contributed by atoms with van der Waals surface area (Å²) in [4.78, 5) is 98.6. The second-order valence-electron chi connectivity index (χ2n) is 20.0. The Morgan fingerprint density at radius 2 is 0.797 bits per heavy atom. The molecule has 0 fully saturated rings. The van der Waals surface area contributed by atoms with Gasteiger partial charge >= 0.3 is 23.9 Å². The first-order valence-electron chi connectivity index (χ1n) is 21.6. The van der Waals surface area contributed by atoms with E-state index in [2.05, 4.69) is 89.0 Å². The largest absolute Gasteiger partial charge is 0.481 e. The topological polar surface area (TPSA) is 262 Å². The number of carboxylic acids is 2. The number of rotatable bonds is 31. The highest BCUT2D eigenvalue weighted by molar-refractivity contribution is 8.76. The highest BCUT2D eigenvalue weighted by Gasteiger charge is 2.45. The van der Waals surface area contributed by atoms with E-state index in [1.807, 2.05) is 0 Å². The quantitative estimate of drug-likeness (QED) is 0.0224. The van der Waals surface area contributed by atoms with Gasteiger partial charge in [-0.2, -0.15) is 0 Å². The maximum absolute atomic E-state index is 13.3. The fraction of sp³-hybridized carbons (Fsp3) is 0.810. The Balaban J connectivity index is 4.83. The van der Waals surface area contributed by atoms with E-state index in [0.717, 1.165) is 0 Å². The molecule has 18 nitrogen and oxygen atoms in total. The molecule has 0 saturated heterocycles. The fourth-order valence-electron chi connectivity index (χ4n) is 4.79. The number of carbonyl (C=O) groups excluding carboxylic acids is 6. The molecule has 0 heterocycles. The SMILES string of the molecule is CC(C)(CO[Si](C)(C)C(C)(C)C)C(OC(=O)CCC(=O)O)C(=O)NCCC(=O)NCCSSCCNC(=O)CCNC(=O)C(OC(=O)CCC(=O)O)C(C)(C)CO[Si](C)(C)C(C)(C)C. The highest BCUT2D eigenvalue weighted by Crippen LogP contribution is 2.39. The predicted molar refractivity (Wildman–Crippen MR) is 254 cm³/mol. The molecule has 0 aliphatic rings. The van der Waals surface area contributed by atoms with Gasteiger partial charge in [-0.1, -0.05) is 90.8 Å². The van der Waals surface area contributed by atoms with Crippen LogP contribution in [0.2, 0.25) is 36.3 Å². The first kappa shape index (κ1) is 60.8. The van der Waals surface area contributed by atoms with Gasteiger partial charge in [0.25, 0.3) is 11.8 Å². The first-order valence-corrected chi connectivity index (χ1v) is 29.9. The lowest BCUT2D eigenvalue weighted by atomic mass is 9.86. The number of ether oxygens (including phenoxy) is 2. The Morgan fingerprint density at radius 1 is 0.484 bits per heavy atom. The third-order valence-electron chi connectivity index (χ3n) is 11.1. The minimum absolute atomic E-state index is 0.0225. The molecule has 370 valence electrons. The van der Waals surface area contributed by atoms with Gasteiger partial charge in [0, 0.05) is 74.6 Å². The molecule has 2 atom stereocenters. The lowest BCUT2D eigenvalue weighted by Gasteiger charge is -2.40. The van der Waals surface area contributed by atoms with Crippen LogP contribution in [0.4, 0.5) is 0 Å². The zero-order chi connectivity index (χ0) is 49.7. The second kappa shape index (κ2) is 27.5. The fourth-order valence-corrected chi connectivity index (χ4v) is 8.94. The minimum Gasteiger partial charge on any atom is -0.481 e. The zero-order valence-corrected chi connectivity index (χ0v) is 44.3. The summed E-state index contributed by atoms with van der Waals surface area (Å²) >= 11 is 0. The summed E-state index contributed by atoms with van der Waals surface area (Å²) < 4.78 is 23.7. The Hall–Kier alpha value is -3.19. The Bertz CT molecular complexity index is 1470. The standard InChI is InChI=1S/C42H78N4O14S2Si2/c1-39(2,3)63(11,12)57-27-41(7,8)35(59-33(53)17-15-31(49)50)37(55)45-21-19-29(47)43-23-25-61-62-26-24-44-30(48)20-22-46-38(56)36(60-34(54)18-16-32(51)52)42(9,10)28-58-64(13,14)40(4,5)6/h35-36H,15-28H2,1-14H3,(H,43,47)(H,44,48)(H,45,55)(H,46,56)(H,49,50)(H,51,52). The van der Waals surface area contributed by atoms with E-state index in [4.69, 9.17) is 28.5 Å². The van der Waals surface area contributed by atoms with Crippen molar-refractivity contribution in [3.05, 3.63) is 0 Å². The van der Waals surface area contributed by atoms with E-state index in [-0.39, 0.29) is 61.0 Å². The molecule has 0 saturated carbocycles. The summed E-state index contributed by atoms with van der Waals surface area (Å²) in [6.45, 7) is 28.6. The van der Waals surface area contributed by atoms with E-state index in [0.29, 0.717) is 24.6 Å². The van der Waals surface area contributed by atoms with Gasteiger partial charge in [-0.3, -0.25) is 38.4 Å². The van der Waals surface area contributed by atoms with Crippen LogP contribution in [-0.4, -0.2) is 137 Å². The van der Waals surface area contributed by atoms with Crippen LogP contribution in [0.5, 0.6) is 0 Å². The van der Waals surface area contributed by atoms with Crippen molar-refractivity contribution in [1.82, 2.24) is 21.3 Å². The summed E-state index contributed by atoms with van der Waals surface area (Å²) in [7, 11) is -1.47. The minimum atomic E-state index is -2.23. The number of carboxylic acid groups (broad SMARTS) is 2. The molecule has 0 aromatic carbocycles. The molecule has 4 amide bonds. The third-order valence-corrected chi connectivity index (χ3v) is 22.5. The summed E-state index contributed by atoms with van der Waals surface area (Å²) in [6.07, 6.45) is -4.31. The molecule has 0 aromatic heterocycles. The van der Waals surface area contributed by atoms with E-state index in [1.165, 1.54) is 21.6 Å². The van der Waals surface area contributed by atoms with Gasteiger partial charge in [0.1, 0.15) is 0 Å². The molecule has 64 heavy (non-hydrogen) atoms. The molecule has 0 bridgehead atoms. The summed E-state index contributed by atoms with van der Waals surface area (Å²) in [5.74, 6) is -4.68. The lowest BCUT2D eigenvalue weighted by Crippen LogP contribution is -2.51. The average molecular weight is 983 g/mol. The van der Waals surface area contributed by atoms with Crippen LogP contribution in [0, 0.1) is 10.8 Å². The van der Waals surface area contributed by atoms with Gasteiger partial charge in [-0.15, -0.1) is 0 Å². The number of amides is 4. The zero-order valence-electron chi connectivity index (χ0n) is 40.7. The molecule has 2 unspecified atom stereocenters. The smallest absolute Gasteiger partial charge is 0.307 e. The molecule has 22 heteroatoms. The number of esters is 2. The van der Waals surface area contributed by atoms with Crippen molar-refractivity contribution >= 4 is 85.7 Å². The van der Waals surface area contributed by atoms with Crippen molar-refractivity contribution in [3.8, 4) is 0 Å². The molecule has 0 aromatic rings. The second-order valence-corrected chi connectivity index (χ2v) is 32.3. The molecular weight excluding hydrogens is 905 g/mol. The van der Waals surface area contributed by atoms with Gasteiger partial charge in [-0.25, -0.2) is 0 Å². The van der Waals surface area contributed by atoms with Gasteiger partial charge in [0.05, 0.1) is 25.7 Å². The van der Waals surface area contributed by atoms with Crippen molar-refractivity contribution in [2.24, 2.45) is 10.8 Å². The Morgan fingerprint density at radius 3 is 1.08 bits per heavy atom. The number of hydrogen-bond donors (Lipinski definition) is 6. The van der Waals surface area contributed by atoms with Crippen molar-refractivity contribution in [2.75, 3.05) is 50.9 Å². The first-order chi connectivity index (χ1) is 29.1. The molecule has 0 aliphatic carbocycles. The lowest BCUT2D eigenvalue weighted by molar-refractivity contribution is -0.165.